The number of hydrogen-bond donors (Lipinski definition) is 2. The predicted octanol–water partition coefficient (Wildman–Crippen LogP) is 5.62. The summed E-state index contributed by atoms with van der Waals surface area (Å²) in [7, 11) is 0. The number of carbonyl (C=O) groups excluding carboxylic acids is 2. The molecule has 0 radical (unpaired) electrons. The normalized spacial score (nSPS) is 12.4. The van der Waals surface area contributed by atoms with Crippen molar-refractivity contribution in [2.75, 3.05) is 0 Å². The second-order valence-electron chi connectivity index (χ2n) is 8.01. The minimum atomic E-state index is -4.47. The maximum Gasteiger partial charge on any atom is 0.416 e. The summed E-state index contributed by atoms with van der Waals surface area (Å²) in [5.41, 5.74) is 1.90. The molecule has 0 aliphatic heterocycles. The van der Waals surface area contributed by atoms with E-state index in [-0.39, 0.29) is 40.8 Å². The smallest absolute Gasteiger partial charge is 0.416 e. The van der Waals surface area contributed by atoms with Crippen LogP contribution in [0, 0.1) is 5.92 Å². The van der Waals surface area contributed by atoms with Crippen LogP contribution in [0.15, 0.2) is 42.5 Å². The lowest BCUT2D eigenvalue weighted by Gasteiger charge is -2.30. The molecule has 184 valence electrons. The Balaban J connectivity index is 2.23. The van der Waals surface area contributed by atoms with Gasteiger partial charge in [0, 0.05) is 11.4 Å². The molecule has 1 atom stereocenters. The van der Waals surface area contributed by atoms with Crippen molar-refractivity contribution in [1.82, 2.24) is 10.4 Å². The van der Waals surface area contributed by atoms with Gasteiger partial charge in [0.25, 0.3) is 5.91 Å². The van der Waals surface area contributed by atoms with Crippen LogP contribution in [0.4, 0.5) is 13.2 Å². The van der Waals surface area contributed by atoms with Crippen molar-refractivity contribution in [1.29, 1.82) is 0 Å². The van der Waals surface area contributed by atoms with Crippen LogP contribution >= 0.6 is 23.2 Å². The lowest BCUT2D eigenvalue weighted by atomic mass is 10.0. The molecule has 0 saturated carbocycles. The molecular formula is C23H23Cl2F3N2O4. The van der Waals surface area contributed by atoms with Gasteiger partial charge < -0.3 is 5.11 Å². The van der Waals surface area contributed by atoms with Crippen molar-refractivity contribution in [2.45, 2.75) is 45.3 Å². The number of alkyl halides is 3. The average Bonchev–Trinajstić information content (AvgIpc) is 2.75. The Labute approximate surface area is 204 Å². The van der Waals surface area contributed by atoms with Gasteiger partial charge in [-0.05, 0) is 54.7 Å². The number of amides is 2. The first-order valence-electron chi connectivity index (χ1n) is 10.3. The average molecular weight is 519 g/mol. The van der Waals surface area contributed by atoms with Crippen LogP contribution in [0.3, 0.4) is 0 Å². The Kier molecular flexibility index (Phi) is 9.35. The largest absolute Gasteiger partial charge is 0.480 e. The number of nitrogens with one attached hydrogen (secondary N) is 1. The number of benzene rings is 2. The number of carboxylic acid groups (broad SMARTS) is 1. The molecule has 0 fully saturated rings. The van der Waals surface area contributed by atoms with Gasteiger partial charge in [0.1, 0.15) is 0 Å². The molecule has 11 heteroatoms. The van der Waals surface area contributed by atoms with Gasteiger partial charge in [0.2, 0.25) is 5.91 Å². The molecule has 2 N–H and O–H groups in total. The zero-order valence-electron chi connectivity index (χ0n) is 18.3. The minimum absolute atomic E-state index is 0.0205. The second kappa shape index (κ2) is 11.6. The molecule has 2 aromatic rings. The molecule has 0 saturated heterocycles. The summed E-state index contributed by atoms with van der Waals surface area (Å²) in [5.74, 6) is -3.01. The van der Waals surface area contributed by atoms with Crippen LogP contribution in [0.1, 0.15) is 48.2 Å². The summed E-state index contributed by atoms with van der Waals surface area (Å²) < 4.78 is 38.1. The third kappa shape index (κ3) is 7.63. The lowest BCUT2D eigenvalue weighted by molar-refractivity contribution is -0.145. The van der Waals surface area contributed by atoms with E-state index in [0.29, 0.717) is 5.56 Å². The van der Waals surface area contributed by atoms with E-state index in [1.807, 2.05) is 0 Å². The van der Waals surface area contributed by atoms with E-state index >= 15 is 0 Å². The molecule has 6 nitrogen and oxygen atoms in total. The van der Waals surface area contributed by atoms with Crippen LogP contribution in [0.2, 0.25) is 10.0 Å². The number of rotatable bonds is 8. The number of hydrazine groups is 1. The highest BCUT2D eigenvalue weighted by molar-refractivity contribution is 6.35. The van der Waals surface area contributed by atoms with Gasteiger partial charge in [0.15, 0.2) is 6.04 Å². The van der Waals surface area contributed by atoms with Crippen molar-refractivity contribution < 1.29 is 32.7 Å². The summed E-state index contributed by atoms with van der Waals surface area (Å²) in [4.78, 5) is 37.7. The Morgan fingerprint density at radius 1 is 1.06 bits per heavy atom. The molecule has 2 aromatic carbocycles. The van der Waals surface area contributed by atoms with Gasteiger partial charge in [-0.2, -0.15) is 13.2 Å². The zero-order valence-corrected chi connectivity index (χ0v) is 19.8. The number of nitrogens with zero attached hydrogens (tertiary/aromatic N) is 1. The summed E-state index contributed by atoms with van der Waals surface area (Å²) in [6.07, 6.45) is -4.56. The maximum atomic E-state index is 13.2. The van der Waals surface area contributed by atoms with Gasteiger partial charge in [-0.1, -0.05) is 49.2 Å². The van der Waals surface area contributed by atoms with Gasteiger partial charge in [-0.3, -0.25) is 15.0 Å². The van der Waals surface area contributed by atoms with Crippen LogP contribution in [0.5, 0.6) is 0 Å². The third-order valence-corrected chi connectivity index (χ3v) is 5.40. The first kappa shape index (κ1) is 27.5. The van der Waals surface area contributed by atoms with Crippen LogP contribution in [0.25, 0.3) is 0 Å². The lowest BCUT2D eigenvalue weighted by Crippen LogP contribution is -2.55. The van der Waals surface area contributed by atoms with E-state index in [2.05, 4.69) is 5.43 Å². The van der Waals surface area contributed by atoms with Crippen LogP contribution in [-0.2, 0) is 22.2 Å². The Morgan fingerprint density at radius 3 is 2.21 bits per heavy atom. The SMILES string of the molecule is CC(C)CC(C(=O)O)N(NC(=O)CCc1ccc(C(F)(F)F)cc1)C(=O)c1cc(Cl)ccc1Cl. The molecule has 0 spiro atoms. The highest BCUT2D eigenvalue weighted by atomic mass is 35.5. The second-order valence-corrected chi connectivity index (χ2v) is 8.86. The molecular weight excluding hydrogens is 496 g/mol. The maximum absolute atomic E-state index is 13.2. The van der Waals surface area contributed by atoms with E-state index < -0.39 is 35.6 Å². The molecule has 34 heavy (non-hydrogen) atoms. The van der Waals surface area contributed by atoms with Gasteiger partial charge in [-0.25, -0.2) is 9.80 Å². The molecule has 0 aliphatic carbocycles. The van der Waals surface area contributed by atoms with Crippen molar-refractivity contribution in [3.8, 4) is 0 Å². The van der Waals surface area contributed by atoms with Crippen LogP contribution < -0.4 is 5.43 Å². The fourth-order valence-electron chi connectivity index (χ4n) is 3.13. The Bertz CT molecular complexity index is 1040. The number of carboxylic acids is 1. The van der Waals surface area contributed by atoms with Gasteiger partial charge >= 0.3 is 12.1 Å². The van der Waals surface area contributed by atoms with E-state index in [0.717, 1.165) is 17.1 Å². The number of aryl methyl sites for hydroxylation is 1. The molecule has 0 bridgehead atoms. The fourth-order valence-corrected chi connectivity index (χ4v) is 3.50. The summed E-state index contributed by atoms with van der Waals surface area (Å²) in [6.45, 7) is 3.52. The van der Waals surface area contributed by atoms with E-state index in [1.165, 1.54) is 30.3 Å². The van der Waals surface area contributed by atoms with Gasteiger partial charge in [0.05, 0.1) is 16.1 Å². The van der Waals surface area contributed by atoms with E-state index in [4.69, 9.17) is 23.2 Å². The summed E-state index contributed by atoms with van der Waals surface area (Å²) >= 11 is 12.1. The molecule has 0 heterocycles. The number of hydrogen-bond acceptors (Lipinski definition) is 3. The van der Waals surface area contributed by atoms with Crippen molar-refractivity contribution in [3.63, 3.8) is 0 Å². The molecule has 0 aromatic heterocycles. The summed E-state index contributed by atoms with van der Waals surface area (Å²) in [6, 6.07) is 7.03. The zero-order chi connectivity index (χ0) is 25.6. The number of halogens is 5. The minimum Gasteiger partial charge on any atom is -0.480 e. The Hall–Kier alpha value is -2.78. The van der Waals surface area contributed by atoms with Crippen molar-refractivity contribution in [3.05, 3.63) is 69.2 Å². The Morgan fingerprint density at radius 2 is 1.68 bits per heavy atom. The fraction of sp³-hybridized carbons (Fsp3) is 0.348. The first-order chi connectivity index (χ1) is 15.8. The standard InChI is InChI=1S/C23H23Cl2F3N2O4/c1-13(2)11-19(22(33)34)30(21(32)17-12-16(24)8-9-18(17)25)29-20(31)10-5-14-3-6-15(7-4-14)23(26,27)28/h3-4,6-9,12-13,19H,5,10-11H2,1-2H3,(H,29,31)(H,33,34). The molecule has 0 aliphatic rings. The number of carbonyl (C=O) groups is 3. The van der Waals surface area contributed by atoms with Crippen molar-refractivity contribution >= 4 is 41.0 Å². The predicted molar refractivity (Wildman–Crippen MR) is 121 cm³/mol. The van der Waals surface area contributed by atoms with Crippen LogP contribution in [-0.4, -0.2) is 33.9 Å². The van der Waals surface area contributed by atoms with Crippen molar-refractivity contribution in [2.24, 2.45) is 5.92 Å². The van der Waals surface area contributed by atoms with E-state index in [1.54, 1.807) is 13.8 Å². The summed E-state index contributed by atoms with van der Waals surface area (Å²) in [5, 5.41) is 10.7. The monoisotopic (exact) mass is 518 g/mol. The molecule has 2 amide bonds. The van der Waals surface area contributed by atoms with E-state index in [9.17, 15) is 32.7 Å². The first-order valence-corrected chi connectivity index (χ1v) is 11.0. The topological polar surface area (TPSA) is 86.7 Å². The highest BCUT2D eigenvalue weighted by Crippen LogP contribution is 2.29. The number of aliphatic carboxylic acids is 1. The molecule has 2 rings (SSSR count). The quantitative estimate of drug-likeness (QED) is 0.444. The third-order valence-electron chi connectivity index (χ3n) is 4.84. The molecule has 1 unspecified atom stereocenters. The van der Waals surface area contributed by atoms with Gasteiger partial charge in [-0.15, -0.1) is 0 Å². The highest BCUT2D eigenvalue weighted by Gasteiger charge is 2.34.